The predicted molar refractivity (Wildman–Crippen MR) is 54.4 cm³/mol. The molecule has 0 bridgehead atoms. The number of hydrogen-bond acceptors (Lipinski definition) is 2. The second-order valence-electron chi connectivity index (χ2n) is 4.05. The Kier molecular flexibility index (Phi) is 3.84. The SMILES string of the molecule is C=C(F)C(=O)N1CC[C@H](C)C[C@H]1CC#N. The monoisotopic (exact) mass is 210 g/mol. The fourth-order valence-electron chi connectivity index (χ4n) is 1.97. The van der Waals surface area contributed by atoms with E-state index in [2.05, 4.69) is 13.5 Å². The number of likely N-dealkylation sites (tertiary alicyclic amines) is 1. The molecule has 3 nitrogen and oxygen atoms in total. The van der Waals surface area contributed by atoms with Crippen molar-refractivity contribution in [1.82, 2.24) is 4.90 Å². The molecule has 1 amide bonds. The molecule has 4 heteroatoms. The molecule has 1 saturated heterocycles. The summed E-state index contributed by atoms with van der Waals surface area (Å²) in [4.78, 5) is 12.9. The Morgan fingerprint density at radius 3 is 2.93 bits per heavy atom. The van der Waals surface area contributed by atoms with Crippen molar-refractivity contribution in [2.24, 2.45) is 5.92 Å². The number of carbonyl (C=O) groups excluding carboxylic acids is 1. The van der Waals surface area contributed by atoms with Gasteiger partial charge in [0, 0.05) is 12.6 Å². The Balaban J connectivity index is 2.73. The van der Waals surface area contributed by atoms with Crippen LogP contribution in [0.1, 0.15) is 26.2 Å². The van der Waals surface area contributed by atoms with E-state index in [0.717, 1.165) is 12.8 Å². The van der Waals surface area contributed by atoms with E-state index < -0.39 is 11.7 Å². The van der Waals surface area contributed by atoms with Gasteiger partial charge in [-0.1, -0.05) is 13.5 Å². The minimum atomic E-state index is -0.938. The summed E-state index contributed by atoms with van der Waals surface area (Å²) in [5.74, 6) is -1.12. The Hall–Kier alpha value is -1.37. The average molecular weight is 210 g/mol. The predicted octanol–water partition coefficient (Wildman–Crippen LogP) is 2.01. The topological polar surface area (TPSA) is 44.1 Å². The largest absolute Gasteiger partial charge is 0.333 e. The van der Waals surface area contributed by atoms with Gasteiger partial charge in [0.25, 0.3) is 5.91 Å². The number of amides is 1. The molecule has 1 rings (SSSR count). The summed E-state index contributed by atoms with van der Waals surface area (Å²) in [5.41, 5.74) is 0. The third-order valence-electron chi connectivity index (χ3n) is 2.80. The van der Waals surface area contributed by atoms with E-state index in [-0.39, 0.29) is 12.5 Å². The molecule has 0 aromatic rings. The van der Waals surface area contributed by atoms with Crippen LogP contribution >= 0.6 is 0 Å². The molecule has 82 valence electrons. The van der Waals surface area contributed by atoms with E-state index in [1.165, 1.54) is 4.90 Å². The lowest BCUT2D eigenvalue weighted by Crippen LogP contribution is -2.45. The van der Waals surface area contributed by atoms with Crippen molar-refractivity contribution in [3.05, 3.63) is 12.4 Å². The van der Waals surface area contributed by atoms with Crippen molar-refractivity contribution in [2.45, 2.75) is 32.2 Å². The van der Waals surface area contributed by atoms with Crippen LogP contribution in [-0.4, -0.2) is 23.4 Å². The van der Waals surface area contributed by atoms with Crippen LogP contribution in [0.15, 0.2) is 12.4 Å². The fourth-order valence-corrected chi connectivity index (χ4v) is 1.97. The third-order valence-corrected chi connectivity index (χ3v) is 2.80. The Labute approximate surface area is 89.2 Å². The number of hydrogen-bond donors (Lipinski definition) is 0. The lowest BCUT2D eigenvalue weighted by atomic mass is 9.91. The molecular formula is C11H15FN2O. The molecule has 0 aromatic carbocycles. The average Bonchev–Trinajstić information content (AvgIpc) is 2.17. The van der Waals surface area contributed by atoms with Crippen LogP contribution in [-0.2, 0) is 4.79 Å². The molecule has 1 heterocycles. The van der Waals surface area contributed by atoms with Crippen LogP contribution in [0.3, 0.4) is 0 Å². The van der Waals surface area contributed by atoms with Crippen molar-refractivity contribution in [3.8, 4) is 6.07 Å². The molecule has 0 spiro atoms. The van der Waals surface area contributed by atoms with E-state index in [1.807, 2.05) is 6.07 Å². The van der Waals surface area contributed by atoms with Crippen LogP contribution in [0.4, 0.5) is 4.39 Å². The molecule has 0 aliphatic carbocycles. The summed E-state index contributed by atoms with van der Waals surface area (Å²) in [6, 6.07) is 1.88. The van der Waals surface area contributed by atoms with Gasteiger partial charge >= 0.3 is 0 Å². The second-order valence-corrected chi connectivity index (χ2v) is 4.05. The molecule has 1 aliphatic rings. The van der Waals surface area contributed by atoms with Crippen molar-refractivity contribution < 1.29 is 9.18 Å². The third kappa shape index (κ3) is 2.79. The van der Waals surface area contributed by atoms with E-state index in [9.17, 15) is 9.18 Å². The van der Waals surface area contributed by atoms with Gasteiger partial charge < -0.3 is 4.90 Å². The minimum Gasteiger partial charge on any atom is -0.333 e. The molecule has 1 fully saturated rings. The highest BCUT2D eigenvalue weighted by Crippen LogP contribution is 2.25. The molecule has 0 radical (unpaired) electrons. The highest BCUT2D eigenvalue weighted by Gasteiger charge is 2.30. The summed E-state index contributed by atoms with van der Waals surface area (Å²) < 4.78 is 12.7. The molecule has 0 saturated carbocycles. The maximum absolute atomic E-state index is 12.7. The van der Waals surface area contributed by atoms with Gasteiger partial charge in [-0.2, -0.15) is 5.26 Å². The van der Waals surface area contributed by atoms with Gasteiger partial charge in [0.05, 0.1) is 12.5 Å². The molecule has 0 N–H and O–H groups in total. The van der Waals surface area contributed by atoms with E-state index in [4.69, 9.17) is 5.26 Å². The van der Waals surface area contributed by atoms with Gasteiger partial charge in [0.1, 0.15) is 0 Å². The van der Waals surface area contributed by atoms with Gasteiger partial charge in [-0.05, 0) is 18.8 Å². The Bertz CT molecular complexity index is 308. The first-order valence-corrected chi connectivity index (χ1v) is 5.08. The Morgan fingerprint density at radius 1 is 1.73 bits per heavy atom. The zero-order chi connectivity index (χ0) is 11.4. The number of rotatable bonds is 2. The van der Waals surface area contributed by atoms with Crippen LogP contribution < -0.4 is 0 Å². The number of halogens is 1. The molecular weight excluding hydrogens is 195 g/mol. The van der Waals surface area contributed by atoms with Crippen molar-refractivity contribution in [3.63, 3.8) is 0 Å². The van der Waals surface area contributed by atoms with Crippen LogP contribution in [0, 0.1) is 17.2 Å². The number of piperidine rings is 1. The van der Waals surface area contributed by atoms with Gasteiger partial charge in [-0.15, -0.1) is 0 Å². The lowest BCUT2D eigenvalue weighted by molar-refractivity contribution is -0.132. The summed E-state index contributed by atoms with van der Waals surface area (Å²) in [5, 5.41) is 8.64. The lowest BCUT2D eigenvalue weighted by Gasteiger charge is -2.37. The zero-order valence-electron chi connectivity index (χ0n) is 8.87. The summed E-state index contributed by atoms with van der Waals surface area (Å²) >= 11 is 0. The maximum atomic E-state index is 12.7. The van der Waals surface area contributed by atoms with Crippen molar-refractivity contribution in [1.29, 1.82) is 5.26 Å². The first-order chi connectivity index (χ1) is 7.06. The Morgan fingerprint density at radius 2 is 2.40 bits per heavy atom. The minimum absolute atomic E-state index is 0.154. The molecule has 2 atom stereocenters. The first kappa shape index (κ1) is 11.7. The summed E-state index contributed by atoms with van der Waals surface area (Å²) in [6.07, 6.45) is 1.90. The van der Waals surface area contributed by atoms with E-state index >= 15 is 0 Å². The summed E-state index contributed by atoms with van der Waals surface area (Å²) in [7, 11) is 0. The smallest absolute Gasteiger partial charge is 0.282 e. The fraction of sp³-hybridized carbons (Fsp3) is 0.636. The first-order valence-electron chi connectivity index (χ1n) is 5.08. The van der Waals surface area contributed by atoms with E-state index in [0.29, 0.717) is 12.5 Å². The van der Waals surface area contributed by atoms with Crippen LogP contribution in [0.25, 0.3) is 0 Å². The van der Waals surface area contributed by atoms with Gasteiger partial charge in [0.2, 0.25) is 0 Å². The van der Waals surface area contributed by atoms with Gasteiger partial charge in [-0.25, -0.2) is 4.39 Å². The number of nitriles is 1. The quantitative estimate of drug-likeness (QED) is 0.654. The molecule has 0 unspecified atom stereocenters. The standard InChI is InChI=1S/C11H15FN2O/c1-8-4-6-14(11(15)9(2)12)10(7-8)3-5-13/h8,10H,2-4,6-7H2,1H3/t8-,10+/m0/s1. The second kappa shape index (κ2) is 4.92. The van der Waals surface area contributed by atoms with Crippen LogP contribution in [0.2, 0.25) is 0 Å². The highest BCUT2D eigenvalue weighted by molar-refractivity contribution is 5.90. The van der Waals surface area contributed by atoms with Crippen LogP contribution in [0.5, 0.6) is 0 Å². The zero-order valence-corrected chi connectivity index (χ0v) is 8.87. The highest BCUT2D eigenvalue weighted by atomic mass is 19.1. The normalized spacial score (nSPS) is 25.8. The van der Waals surface area contributed by atoms with Crippen molar-refractivity contribution in [2.75, 3.05) is 6.54 Å². The molecule has 0 aromatic heterocycles. The van der Waals surface area contributed by atoms with Gasteiger partial charge in [0.15, 0.2) is 5.83 Å². The van der Waals surface area contributed by atoms with Gasteiger partial charge in [-0.3, -0.25) is 4.79 Å². The van der Waals surface area contributed by atoms with Crippen molar-refractivity contribution >= 4 is 5.91 Å². The molecule has 15 heavy (non-hydrogen) atoms. The number of carbonyl (C=O) groups is 1. The van der Waals surface area contributed by atoms with E-state index in [1.54, 1.807) is 0 Å². The molecule has 1 aliphatic heterocycles. The summed E-state index contributed by atoms with van der Waals surface area (Å²) in [6.45, 7) is 5.61. The maximum Gasteiger partial charge on any atom is 0.282 e. The number of nitrogens with zero attached hydrogens (tertiary/aromatic N) is 2.